The molecule has 1 aliphatic heterocycles. The van der Waals surface area contributed by atoms with Gasteiger partial charge in [0, 0.05) is 24.2 Å². The summed E-state index contributed by atoms with van der Waals surface area (Å²) in [5.74, 6) is 0.102. The van der Waals surface area contributed by atoms with Crippen LogP contribution in [0.2, 0.25) is 0 Å². The van der Waals surface area contributed by atoms with Crippen molar-refractivity contribution in [3.05, 3.63) is 71.9 Å². The number of likely N-dealkylation sites (tertiary alicyclic amines) is 1. The second-order valence-electron chi connectivity index (χ2n) is 7.62. The summed E-state index contributed by atoms with van der Waals surface area (Å²) in [6, 6.07) is 20.4. The number of benzene rings is 2. The molecular formula is C25H28N4O. The van der Waals surface area contributed by atoms with E-state index < -0.39 is 0 Å². The summed E-state index contributed by atoms with van der Waals surface area (Å²) in [5.41, 5.74) is 4.02. The SMILES string of the molecule is O=C(CN1CCCC1)NCCNc1cc(/C=C/c2ccccc2)nc2ccccc12. The maximum atomic E-state index is 12.1. The van der Waals surface area contributed by atoms with Crippen molar-refractivity contribution >= 4 is 34.6 Å². The van der Waals surface area contributed by atoms with Crippen molar-refractivity contribution in [3.8, 4) is 0 Å². The fraction of sp³-hybridized carbons (Fsp3) is 0.280. The van der Waals surface area contributed by atoms with Crippen molar-refractivity contribution in [3.63, 3.8) is 0 Å². The van der Waals surface area contributed by atoms with Gasteiger partial charge >= 0.3 is 0 Å². The van der Waals surface area contributed by atoms with Gasteiger partial charge in [-0.3, -0.25) is 9.69 Å². The minimum Gasteiger partial charge on any atom is -0.383 e. The Bertz CT molecular complexity index is 1010. The molecule has 2 N–H and O–H groups in total. The fourth-order valence-corrected chi connectivity index (χ4v) is 3.77. The van der Waals surface area contributed by atoms with E-state index >= 15 is 0 Å². The van der Waals surface area contributed by atoms with Crippen molar-refractivity contribution in [2.45, 2.75) is 12.8 Å². The van der Waals surface area contributed by atoms with Gasteiger partial charge in [0.2, 0.25) is 5.91 Å². The van der Waals surface area contributed by atoms with E-state index in [0.717, 1.165) is 40.9 Å². The summed E-state index contributed by atoms with van der Waals surface area (Å²) in [4.78, 5) is 19.1. The molecule has 0 saturated carbocycles. The lowest BCUT2D eigenvalue weighted by Gasteiger charge is -2.15. The maximum absolute atomic E-state index is 12.1. The molecular weight excluding hydrogens is 372 g/mol. The summed E-state index contributed by atoms with van der Waals surface area (Å²) in [6.45, 7) is 3.84. The van der Waals surface area contributed by atoms with E-state index in [4.69, 9.17) is 4.98 Å². The van der Waals surface area contributed by atoms with Crippen LogP contribution in [-0.2, 0) is 4.79 Å². The predicted octanol–water partition coefficient (Wildman–Crippen LogP) is 4.03. The number of hydrogen-bond acceptors (Lipinski definition) is 4. The second-order valence-corrected chi connectivity index (χ2v) is 7.62. The highest BCUT2D eigenvalue weighted by atomic mass is 16.2. The monoisotopic (exact) mass is 400 g/mol. The van der Waals surface area contributed by atoms with Crippen LogP contribution in [0, 0.1) is 0 Å². The number of hydrogen-bond donors (Lipinski definition) is 2. The molecule has 0 unspecified atom stereocenters. The highest BCUT2D eigenvalue weighted by Gasteiger charge is 2.14. The first kappa shape index (κ1) is 20.1. The molecule has 0 aliphatic carbocycles. The number of anilines is 1. The van der Waals surface area contributed by atoms with Crippen LogP contribution >= 0.6 is 0 Å². The number of carbonyl (C=O) groups excluding carboxylic acids is 1. The van der Waals surface area contributed by atoms with Gasteiger partial charge in [-0.15, -0.1) is 0 Å². The molecule has 5 heteroatoms. The molecule has 0 spiro atoms. The van der Waals surface area contributed by atoms with Crippen LogP contribution in [0.25, 0.3) is 23.1 Å². The minimum absolute atomic E-state index is 0.102. The third kappa shape index (κ3) is 5.45. The van der Waals surface area contributed by atoms with Gasteiger partial charge in [0.1, 0.15) is 0 Å². The van der Waals surface area contributed by atoms with Gasteiger partial charge in [-0.1, -0.05) is 54.6 Å². The Morgan fingerprint density at radius 2 is 1.73 bits per heavy atom. The number of amides is 1. The maximum Gasteiger partial charge on any atom is 0.234 e. The molecule has 1 amide bonds. The smallest absolute Gasteiger partial charge is 0.234 e. The van der Waals surface area contributed by atoms with Crippen LogP contribution in [0.4, 0.5) is 5.69 Å². The predicted molar refractivity (Wildman–Crippen MR) is 124 cm³/mol. The zero-order valence-electron chi connectivity index (χ0n) is 17.2. The van der Waals surface area contributed by atoms with Crippen LogP contribution in [0.15, 0.2) is 60.7 Å². The van der Waals surface area contributed by atoms with Crippen molar-refractivity contribution in [1.29, 1.82) is 0 Å². The number of aromatic nitrogens is 1. The number of rotatable bonds is 8. The molecule has 1 saturated heterocycles. The number of para-hydroxylation sites is 1. The molecule has 1 fully saturated rings. The average Bonchev–Trinajstić information content (AvgIpc) is 3.29. The van der Waals surface area contributed by atoms with Crippen LogP contribution < -0.4 is 10.6 Å². The van der Waals surface area contributed by atoms with Gasteiger partial charge in [-0.05, 0) is 49.7 Å². The van der Waals surface area contributed by atoms with Crippen LogP contribution in [-0.4, -0.2) is 48.5 Å². The van der Waals surface area contributed by atoms with Crippen molar-refractivity contribution in [2.24, 2.45) is 0 Å². The van der Waals surface area contributed by atoms with E-state index in [-0.39, 0.29) is 5.91 Å². The quantitative estimate of drug-likeness (QED) is 0.561. The van der Waals surface area contributed by atoms with E-state index in [1.807, 2.05) is 42.5 Å². The van der Waals surface area contributed by atoms with Crippen molar-refractivity contribution in [1.82, 2.24) is 15.2 Å². The summed E-state index contributed by atoms with van der Waals surface area (Å²) in [6.07, 6.45) is 6.50. The molecule has 154 valence electrons. The molecule has 0 atom stereocenters. The molecule has 4 rings (SSSR count). The van der Waals surface area contributed by atoms with Gasteiger partial charge in [0.05, 0.1) is 17.8 Å². The number of carbonyl (C=O) groups is 1. The first-order valence-corrected chi connectivity index (χ1v) is 10.6. The Labute approximate surface area is 177 Å². The molecule has 1 aromatic heterocycles. The van der Waals surface area contributed by atoms with Crippen LogP contribution in [0.1, 0.15) is 24.1 Å². The molecule has 3 aromatic rings. The second kappa shape index (κ2) is 10.0. The topological polar surface area (TPSA) is 57.3 Å². The highest BCUT2D eigenvalue weighted by molar-refractivity contribution is 5.92. The van der Waals surface area contributed by atoms with Gasteiger partial charge in [0.25, 0.3) is 0 Å². The van der Waals surface area contributed by atoms with E-state index in [0.29, 0.717) is 19.6 Å². The Morgan fingerprint density at radius 3 is 2.57 bits per heavy atom. The molecule has 1 aliphatic rings. The van der Waals surface area contributed by atoms with E-state index in [1.54, 1.807) is 0 Å². The molecule has 0 radical (unpaired) electrons. The number of pyridine rings is 1. The molecule has 0 bridgehead atoms. The fourth-order valence-electron chi connectivity index (χ4n) is 3.77. The van der Waals surface area contributed by atoms with E-state index in [1.165, 1.54) is 12.8 Å². The highest BCUT2D eigenvalue weighted by Crippen LogP contribution is 2.24. The Balaban J connectivity index is 1.39. The van der Waals surface area contributed by atoms with Crippen LogP contribution in [0.3, 0.4) is 0 Å². The number of nitrogens with zero attached hydrogens (tertiary/aromatic N) is 2. The molecule has 2 heterocycles. The van der Waals surface area contributed by atoms with Gasteiger partial charge in [-0.2, -0.15) is 0 Å². The summed E-state index contributed by atoms with van der Waals surface area (Å²) >= 11 is 0. The number of fused-ring (bicyclic) bond motifs is 1. The summed E-state index contributed by atoms with van der Waals surface area (Å²) in [5, 5.41) is 7.57. The summed E-state index contributed by atoms with van der Waals surface area (Å²) in [7, 11) is 0. The first-order valence-electron chi connectivity index (χ1n) is 10.6. The number of nitrogens with one attached hydrogen (secondary N) is 2. The largest absolute Gasteiger partial charge is 0.383 e. The molecule has 2 aromatic carbocycles. The Hall–Kier alpha value is -3.18. The Kier molecular flexibility index (Phi) is 6.72. The zero-order valence-corrected chi connectivity index (χ0v) is 17.2. The average molecular weight is 401 g/mol. The molecule has 30 heavy (non-hydrogen) atoms. The van der Waals surface area contributed by atoms with E-state index in [9.17, 15) is 4.79 Å². The Morgan fingerprint density at radius 1 is 0.967 bits per heavy atom. The standard InChI is InChI=1S/C25H28N4O/c30-25(19-29-16-6-7-17-29)27-15-14-26-24-18-21(13-12-20-8-2-1-3-9-20)28-23-11-5-4-10-22(23)24/h1-5,8-13,18H,6-7,14-17,19H2,(H,26,28)(H,27,30)/b13-12+. The first-order chi connectivity index (χ1) is 14.8. The van der Waals surface area contributed by atoms with Gasteiger partial charge in [0.15, 0.2) is 0 Å². The van der Waals surface area contributed by atoms with Crippen molar-refractivity contribution < 1.29 is 4.79 Å². The minimum atomic E-state index is 0.102. The van der Waals surface area contributed by atoms with Gasteiger partial charge < -0.3 is 10.6 Å². The van der Waals surface area contributed by atoms with Crippen LogP contribution in [0.5, 0.6) is 0 Å². The molecule has 5 nitrogen and oxygen atoms in total. The third-order valence-electron chi connectivity index (χ3n) is 5.31. The normalized spacial score (nSPS) is 14.4. The lowest BCUT2D eigenvalue weighted by molar-refractivity contribution is -0.121. The third-order valence-corrected chi connectivity index (χ3v) is 5.31. The summed E-state index contributed by atoms with van der Waals surface area (Å²) < 4.78 is 0. The lowest BCUT2D eigenvalue weighted by atomic mass is 10.1. The van der Waals surface area contributed by atoms with E-state index in [2.05, 4.69) is 45.9 Å². The van der Waals surface area contributed by atoms with Crippen molar-refractivity contribution in [2.75, 3.05) is 38.0 Å². The lowest BCUT2D eigenvalue weighted by Crippen LogP contribution is -2.37. The zero-order chi connectivity index (χ0) is 20.6. The van der Waals surface area contributed by atoms with Gasteiger partial charge in [-0.25, -0.2) is 4.98 Å².